The molecule has 2 amide bonds. The van der Waals surface area contributed by atoms with E-state index < -0.39 is 11.8 Å². The van der Waals surface area contributed by atoms with Crippen LogP contribution in [0.1, 0.15) is 25.0 Å². The molecule has 0 aromatic heterocycles. The van der Waals surface area contributed by atoms with E-state index in [-0.39, 0.29) is 0 Å². The number of anilines is 1. The van der Waals surface area contributed by atoms with Crippen molar-refractivity contribution in [1.29, 1.82) is 0 Å². The molecular formula is C21H27N3O3. The van der Waals surface area contributed by atoms with E-state index in [2.05, 4.69) is 41.5 Å². The van der Waals surface area contributed by atoms with Crippen LogP contribution in [0, 0.1) is 0 Å². The van der Waals surface area contributed by atoms with Crippen LogP contribution in [0.5, 0.6) is 5.75 Å². The Labute approximate surface area is 160 Å². The summed E-state index contributed by atoms with van der Waals surface area (Å²) in [6, 6.07) is 14.8. The Morgan fingerprint density at radius 1 is 0.889 bits per heavy atom. The van der Waals surface area contributed by atoms with Crippen LogP contribution in [-0.2, 0) is 22.7 Å². The highest BCUT2D eigenvalue weighted by molar-refractivity contribution is 6.39. The number of nitrogens with zero attached hydrogens (tertiary/aromatic N) is 1. The third kappa shape index (κ3) is 6.42. The lowest BCUT2D eigenvalue weighted by Crippen LogP contribution is -2.34. The van der Waals surface area contributed by atoms with Crippen molar-refractivity contribution in [1.82, 2.24) is 10.2 Å². The first kappa shape index (κ1) is 20.5. The number of ether oxygens (including phenoxy) is 1. The fourth-order valence-corrected chi connectivity index (χ4v) is 2.59. The summed E-state index contributed by atoms with van der Waals surface area (Å²) < 4.78 is 5.06. The molecule has 2 aromatic carbocycles. The number of nitrogens with one attached hydrogen (secondary N) is 2. The van der Waals surface area contributed by atoms with E-state index in [1.54, 1.807) is 31.4 Å². The Morgan fingerprint density at radius 3 is 2.04 bits per heavy atom. The second kappa shape index (κ2) is 10.3. The second-order valence-corrected chi connectivity index (χ2v) is 6.14. The first-order valence-corrected chi connectivity index (χ1v) is 9.09. The maximum Gasteiger partial charge on any atom is 0.313 e. The highest BCUT2D eigenvalue weighted by Crippen LogP contribution is 2.14. The molecule has 0 unspecified atom stereocenters. The fourth-order valence-electron chi connectivity index (χ4n) is 2.59. The number of benzene rings is 2. The van der Waals surface area contributed by atoms with Gasteiger partial charge in [-0.05, 0) is 48.5 Å². The number of carbonyl (C=O) groups excluding carboxylic acids is 2. The fraction of sp³-hybridized carbons (Fsp3) is 0.333. The lowest BCUT2D eigenvalue weighted by atomic mass is 10.1. The van der Waals surface area contributed by atoms with E-state index in [1.807, 2.05) is 12.1 Å². The summed E-state index contributed by atoms with van der Waals surface area (Å²) >= 11 is 0. The molecule has 2 rings (SSSR count). The van der Waals surface area contributed by atoms with Crippen LogP contribution < -0.4 is 15.4 Å². The number of hydrogen-bond acceptors (Lipinski definition) is 4. The van der Waals surface area contributed by atoms with Crippen molar-refractivity contribution in [2.75, 3.05) is 25.5 Å². The average Bonchev–Trinajstić information content (AvgIpc) is 2.71. The lowest BCUT2D eigenvalue weighted by Gasteiger charge is -2.18. The molecule has 0 radical (unpaired) electrons. The molecule has 0 aliphatic carbocycles. The first-order chi connectivity index (χ1) is 13.0. The molecule has 6 heteroatoms. The number of hydrogen-bond donors (Lipinski definition) is 2. The zero-order chi connectivity index (χ0) is 19.6. The number of amides is 2. The average molecular weight is 369 g/mol. The lowest BCUT2D eigenvalue weighted by molar-refractivity contribution is -0.136. The molecule has 27 heavy (non-hydrogen) atoms. The number of carbonyl (C=O) groups is 2. The van der Waals surface area contributed by atoms with Gasteiger partial charge in [0, 0.05) is 18.8 Å². The van der Waals surface area contributed by atoms with Crippen molar-refractivity contribution in [2.24, 2.45) is 0 Å². The van der Waals surface area contributed by atoms with Gasteiger partial charge in [-0.1, -0.05) is 38.1 Å². The predicted octanol–water partition coefficient (Wildman–Crippen LogP) is 2.79. The van der Waals surface area contributed by atoms with Crippen LogP contribution in [0.2, 0.25) is 0 Å². The SMILES string of the molecule is CCN(CC)Cc1ccc(CNC(=O)C(=O)Nc2ccc(OC)cc2)cc1. The Bertz CT molecular complexity index is 738. The van der Waals surface area contributed by atoms with Gasteiger partial charge in [0.1, 0.15) is 5.75 Å². The van der Waals surface area contributed by atoms with Crippen molar-refractivity contribution >= 4 is 17.5 Å². The highest BCUT2D eigenvalue weighted by atomic mass is 16.5. The van der Waals surface area contributed by atoms with Crippen LogP contribution in [-0.4, -0.2) is 36.9 Å². The topological polar surface area (TPSA) is 70.7 Å². The van der Waals surface area contributed by atoms with E-state index >= 15 is 0 Å². The van der Waals surface area contributed by atoms with Gasteiger partial charge in [-0.3, -0.25) is 14.5 Å². The third-order valence-corrected chi connectivity index (χ3v) is 4.33. The van der Waals surface area contributed by atoms with Gasteiger partial charge in [-0.2, -0.15) is 0 Å². The number of rotatable bonds is 8. The molecule has 2 aromatic rings. The monoisotopic (exact) mass is 369 g/mol. The van der Waals surface area contributed by atoms with Crippen LogP contribution in [0.3, 0.4) is 0 Å². The minimum Gasteiger partial charge on any atom is -0.497 e. The largest absolute Gasteiger partial charge is 0.497 e. The Kier molecular flexibility index (Phi) is 7.82. The van der Waals surface area contributed by atoms with Crippen molar-refractivity contribution in [3.05, 3.63) is 59.7 Å². The molecule has 0 saturated carbocycles. The summed E-state index contributed by atoms with van der Waals surface area (Å²) in [6.45, 7) is 7.52. The zero-order valence-corrected chi connectivity index (χ0v) is 16.1. The maximum atomic E-state index is 12.0. The summed E-state index contributed by atoms with van der Waals surface area (Å²) in [4.78, 5) is 26.3. The summed E-state index contributed by atoms with van der Waals surface area (Å²) in [7, 11) is 1.57. The Hall–Kier alpha value is -2.86. The molecule has 144 valence electrons. The van der Waals surface area contributed by atoms with Gasteiger partial charge in [-0.25, -0.2) is 0 Å². The smallest absolute Gasteiger partial charge is 0.313 e. The minimum absolute atomic E-state index is 0.306. The molecule has 0 fully saturated rings. The van der Waals surface area contributed by atoms with E-state index in [9.17, 15) is 9.59 Å². The highest BCUT2D eigenvalue weighted by Gasteiger charge is 2.13. The summed E-state index contributed by atoms with van der Waals surface area (Å²) in [6.07, 6.45) is 0. The van der Waals surface area contributed by atoms with Crippen LogP contribution in [0.4, 0.5) is 5.69 Å². The molecular weight excluding hydrogens is 342 g/mol. The van der Waals surface area contributed by atoms with Crippen LogP contribution in [0.25, 0.3) is 0 Å². The molecule has 0 spiro atoms. The first-order valence-electron chi connectivity index (χ1n) is 9.09. The molecule has 0 heterocycles. The molecule has 0 saturated heterocycles. The molecule has 0 aliphatic rings. The minimum atomic E-state index is -0.696. The Balaban J connectivity index is 1.82. The molecule has 6 nitrogen and oxygen atoms in total. The molecule has 0 aliphatic heterocycles. The van der Waals surface area contributed by atoms with Crippen molar-refractivity contribution in [2.45, 2.75) is 26.9 Å². The van der Waals surface area contributed by atoms with Crippen LogP contribution in [0.15, 0.2) is 48.5 Å². The van der Waals surface area contributed by atoms with Crippen molar-refractivity contribution in [3.8, 4) is 5.75 Å². The van der Waals surface area contributed by atoms with Gasteiger partial charge in [0.25, 0.3) is 0 Å². The second-order valence-electron chi connectivity index (χ2n) is 6.14. The summed E-state index contributed by atoms with van der Waals surface area (Å²) in [5.74, 6) is -0.682. The van der Waals surface area contributed by atoms with Crippen LogP contribution >= 0.6 is 0 Å². The standard InChI is InChI=1S/C21H27N3O3/c1-4-24(5-2)15-17-8-6-16(7-9-17)14-22-20(25)21(26)23-18-10-12-19(27-3)13-11-18/h6-13H,4-5,14-15H2,1-3H3,(H,22,25)(H,23,26). The van der Waals surface area contributed by atoms with E-state index in [0.717, 1.165) is 25.2 Å². The Morgan fingerprint density at radius 2 is 1.48 bits per heavy atom. The van der Waals surface area contributed by atoms with E-state index in [1.165, 1.54) is 5.56 Å². The zero-order valence-electron chi connectivity index (χ0n) is 16.1. The number of methoxy groups -OCH3 is 1. The quantitative estimate of drug-likeness (QED) is 0.702. The van der Waals surface area contributed by atoms with Gasteiger partial charge in [0.2, 0.25) is 0 Å². The van der Waals surface area contributed by atoms with Gasteiger partial charge >= 0.3 is 11.8 Å². The normalized spacial score (nSPS) is 10.5. The summed E-state index contributed by atoms with van der Waals surface area (Å²) in [5.41, 5.74) is 2.71. The van der Waals surface area contributed by atoms with Gasteiger partial charge in [-0.15, -0.1) is 0 Å². The summed E-state index contributed by atoms with van der Waals surface area (Å²) in [5, 5.41) is 5.20. The van der Waals surface area contributed by atoms with E-state index in [4.69, 9.17) is 4.74 Å². The molecule has 2 N–H and O–H groups in total. The van der Waals surface area contributed by atoms with Gasteiger partial charge in [0.15, 0.2) is 0 Å². The maximum absolute atomic E-state index is 12.0. The van der Waals surface area contributed by atoms with Gasteiger partial charge in [0.05, 0.1) is 7.11 Å². The third-order valence-electron chi connectivity index (χ3n) is 4.33. The predicted molar refractivity (Wildman–Crippen MR) is 107 cm³/mol. The molecule has 0 bridgehead atoms. The van der Waals surface area contributed by atoms with Crippen molar-refractivity contribution < 1.29 is 14.3 Å². The van der Waals surface area contributed by atoms with Gasteiger partial charge < -0.3 is 15.4 Å². The molecule has 0 atom stereocenters. The van der Waals surface area contributed by atoms with Crippen molar-refractivity contribution in [3.63, 3.8) is 0 Å². The van der Waals surface area contributed by atoms with E-state index in [0.29, 0.717) is 18.0 Å².